The molecule has 0 bridgehead atoms. The molecule has 1 N–H and O–H groups in total. The number of carboxylic acids is 1. The molecule has 1 spiro atoms. The third kappa shape index (κ3) is 1.91. The van der Waals surface area contributed by atoms with Gasteiger partial charge in [-0.3, -0.25) is 4.68 Å². The van der Waals surface area contributed by atoms with Crippen LogP contribution in [0.1, 0.15) is 23.3 Å². The van der Waals surface area contributed by atoms with Crippen molar-refractivity contribution < 1.29 is 19.4 Å². The lowest BCUT2D eigenvalue weighted by molar-refractivity contribution is -0.232. The fourth-order valence-electron chi connectivity index (χ4n) is 2.43. The Morgan fingerprint density at radius 3 is 2.82 bits per heavy atom. The van der Waals surface area contributed by atoms with E-state index >= 15 is 0 Å². The van der Waals surface area contributed by atoms with Gasteiger partial charge in [0, 0.05) is 19.4 Å². The molecular weight excluding hydrogens is 226 g/mol. The Labute approximate surface area is 97.3 Å². The Kier molecular flexibility index (Phi) is 2.37. The third-order valence-corrected chi connectivity index (χ3v) is 3.22. The normalized spacial score (nSPS) is 22.8. The van der Waals surface area contributed by atoms with Crippen LogP contribution < -0.4 is 0 Å². The number of aromatic nitrogens is 3. The van der Waals surface area contributed by atoms with Gasteiger partial charge in [-0.1, -0.05) is 5.21 Å². The van der Waals surface area contributed by atoms with Gasteiger partial charge in [-0.05, 0) is 5.92 Å². The van der Waals surface area contributed by atoms with E-state index in [9.17, 15) is 4.79 Å². The molecule has 1 saturated heterocycles. The van der Waals surface area contributed by atoms with Crippen molar-refractivity contribution in [3.63, 3.8) is 0 Å². The van der Waals surface area contributed by atoms with Crippen molar-refractivity contribution in [2.45, 2.75) is 25.2 Å². The number of aromatic carboxylic acids is 1. The number of hydrogen-bond acceptors (Lipinski definition) is 5. The van der Waals surface area contributed by atoms with Gasteiger partial charge in [-0.25, -0.2) is 4.79 Å². The molecule has 2 aliphatic rings. The van der Waals surface area contributed by atoms with Crippen LogP contribution in [0.3, 0.4) is 0 Å². The van der Waals surface area contributed by atoms with E-state index in [-0.39, 0.29) is 11.5 Å². The van der Waals surface area contributed by atoms with Gasteiger partial charge in [0.05, 0.1) is 19.4 Å². The summed E-state index contributed by atoms with van der Waals surface area (Å²) in [5.41, 5.74) is -0.0209. The number of carboxylic acid groups (broad SMARTS) is 1. The first-order valence-corrected chi connectivity index (χ1v) is 5.58. The summed E-state index contributed by atoms with van der Waals surface area (Å²) >= 11 is 0. The predicted molar refractivity (Wildman–Crippen MR) is 54.3 cm³/mol. The molecular formula is C10H13N3O4. The first kappa shape index (κ1) is 10.7. The van der Waals surface area contributed by atoms with Gasteiger partial charge in [0.25, 0.3) is 0 Å². The highest BCUT2D eigenvalue weighted by Gasteiger charge is 2.49. The molecule has 1 saturated carbocycles. The second-order valence-corrected chi connectivity index (χ2v) is 4.51. The zero-order chi connectivity index (χ0) is 11.9. The average Bonchev–Trinajstić information content (AvgIpc) is 2.85. The minimum atomic E-state index is -1.05. The fourth-order valence-corrected chi connectivity index (χ4v) is 2.43. The molecule has 1 aliphatic carbocycles. The lowest BCUT2D eigenvalue weighted by Gasteiger charge is -2.42. The Morgan fingerprint density at radius 1 is 1.53 bits per heavy atom. The van der Waals surface area contributed by atoms with Gasteiger partial charge in [0.1, 0.15) is 0 Å². The van der Waals surface area contributed by atoms with Crippen molar-refractivity contribution in [2.24, 2.45) is 5.92 Å². The van der Waals surface area contributed by atoms with Gasteiger partial charge in [-0.2, -0.15) is 0 Å². The predicted octanol–water partition coefficient (Wildman–Crippen LogP) is 0.129. The quantitative estimate of drug-likeness (QED) is 0.806. The Morgan fingerprint density at radius 2 is 2.24 bits per heavy atom. The minimum Gasteiger partial charge on any atom is -0.476 e. The van der Waals surface area contributed by atoms with Gasteiger partial charge in [0.2, 0.25) is 0 Å². The summed E-state index contributed by atoms with van der Waals surface area (Å²) in [6.45, 7) is 1.99. The highest BCUT2D eigenvalue weighted by atomic mass is 16.7. The van der Waals surface area contributed by atoms with Crippen LogP contribution in [-0.4, -0.2) is 45.1 Å². The van der Waals surface area contributed by atoms with Crippen molar-refractivity contribution in [1.29, 1.82) is 0 Å². The zero-order valence-corrected chi connectivity index (χ0v) is 9.20. The molecule has 0 radical (unpaired) electrons. The summed E-state index contributed by atoms with van der Waals surface area (Å²) in [4.78, 5) is 10.6. The zero-order valence-electron chi connectivity index (χ0n) is 9.20. The number of nitrogens with zero attached hydrogens (tertiary/aromatic N) is 3. The molecule has 0 aromatic carbocycles. The first-order chi connectivity index (χ1) is 8.17. The van der Waals surface area contributed by atoms with Crippen LogP contribution in [0.5, 0.6) is 0 Å². The van der Waals surface area contributed by atoms with Crippen LogP contribution in [0.15, 0.2) is 6.20 Å². The maximum Gasteiger partial charge on any atom is 0.358 e. The Bertz CT molecular complexity index is 431. The number of hydrogen-bond donors (Lipinski definition) is 1. The van der Waals surface area contributed by atoms with Crippen molar-refractivity contribution in [1.82, 2.24) is 15.0 Å². The average molecular weight is 239 g/mol. The van der Waals surface area contributed by atoms with Crippen molar-refractivity contribution >= 4 is 5.97 Å². The molecule has 1 aromatic rings. The van der Waals surface area contributed by atoms with E-state index in [2.05, 4.69) is 10.3 Å². The van der Waals surface area contributed by atoms with E-state index in [1.54, 1.807) is 4.68 Å². The Balaban J connectivity index is 1.56. The molecule has 2 heterocycles. The Hall–Kier alpha value is -1.47. The standard InChI is InChI=1S/C10H13N3O4/c14-9(15)8-6-13(12-11-8)5-7-3-10(4-7)16-1-2-17-10/h6-7H,1-5H2,(H,14,15). The highest BCUT2D eigenvalue weighted by molar-refractivity contribution is 5.84. The lowest BCUT2D eigenvalue weighted by atomic mass is 9.79. The summed E-state index contributed by atoms with van der Waals surface area (Å²) in [5.74, 6) is -0.999. The van der Waals surface area contributed by atoms with E-state index in [1.165, 1.54) is 6.20 Å². The van der Waals surface area contributed by atoms with Gasteiger partial charge in [0.15, 0.2) is 11.5 Å². The first-order valence-electron chi connectivity index (χ1n) is 5.58. The van der Waals surface area contributed by atoms with E-state index in [0.717, 1.165) is 12.8 Å². The fraction of sp³-hybridized carbons (Fsp3) is 0.700. The number of carbonyl (C=O) groups is 1. The highest BCUT2D eigenvalue weighted by Crippen LogP contribution is 2.44. The largest absolute Gasteiger partial charge is 0.476 e. The molecule has 1 aliphatic heterocycles. The van der Waals surface area contributed by atoms with Crippen LogP contribution in [0, 0.1) is 5.92 Å². The third-order valence-electron chi connectivity index (χ3n) is 3.22. The molecule has 0 atom stereocenters. The number of rotatable bonds is 3. The molecule has 2 fully saturated rings. The smallest absolute Gasteiger partial charge is 0.358 e. The van der Waals surface area contributed by atoms with Gasteiger partial charge in [-0.15, -0.1) is 5.10 Å². The molecule has 0 unspecified atom stereocenters. The summed E-state index contributed by atoms with van der Waals surface area (Å²) in [6.07, 6.45) is 3.13. The summed E-state index contributed by atoms with van der Waals surface area (Å²) in [6, 6.07) is 0. The van der Waals surface area contributed by atoms with Gasteiger partial charge < -0.3 is 14.6 Å². The lowest BCUT2D eigenvalue weighted by Crippen LogP contribution is -2.46. The van der Waals surface area contributed by atoms with Crippen LogP contribution in [0.25, 0.3) is 0 Å². The van der Waals surface area contributed by atoms with Crippen molar-refractivity contribution in [3.05, 3.63) is 11.9 Å². The molecule has 0 amide bonds. The van der Waals surface area contributed by atoms with Crippen LogP contribution in [-0.2, 0) is 16.0 Å². The van der Waals surface area contributed by atoms with Crippen LogP contribution >= 0.6 is 0 Å². The molecule has 92 valence electrons. The van der Waals surface area contributed by atoms with Gasteiger partial charge >= 0.3 is 5.97 Å². The summed E-state index contributed by atoms with van der Waals surface area (Å²) in [7, 11) is 0. The minimum absolute atomic E-state index is 0.0209. The number of ether oxygens (including phenoxy) is 2. The second kappa shape index (κ2) is 3.78. The van der Waals surface area contributed by atoms with E-state index in [1.807, 2.05) is 0 Å². The van der Waals surface area contributed by atoms with Crippen LogP contribution in [0.4, 0.5) is 0 Å². The molecule has 3 rings (SSSR count). The SMILES string of the molecule is O=C(O)c1cn(CC2CC3(C2)OCCO3)nn1. The second-order valence-electron chi connectivity index (χ2n) is 4.51. The van der Waals surface area contributed by atoms with E-state index in [0.29, 0.717) is 25.7 Å². The van der Waals surface area contributed by atoms with Crippen molar-refractivity contribution in [2.75, 3.05) is 13.2 Å². The summed E-state index contributed by atoms with van der Waals surface area (Å²) < 4.78 is 12.6. The maximum atomic E-state index is 10.6. The maximum absolute atomic E-state index is 10.6. The molecule has 17 heavy (non-hydrogen) atoms. The summed E-state index contributed by atoms with van der Waals surface area (Å²) in [5, 5.41) is 16.1. The monoisotopic (exact) mass is 239 g/mol. The van der Waals surface area contributed by atoms with E-state index in [4.69, 9.17) is 14.6 Å². The van der Waals surface area contributed by atoms with Crippen LogP contribution in [0.2, 0.25) is 0 Å². The molecule has 1 aromatic heterocycles. The topological polar surface area (TPSA) is 86.5 Å². The molecule has 7 heteroatoms. The van der Waals surface area contributed by atoms with E-state index < -0.39 is 5.97 Å². The molecule has 7 nitrogen and oxygen atoms in total. The van der Waals surface area contributed by atoms with Crippen molar-refractivity contribution in [3.8, 4) is 0 Å².